The minimum absolute atomic E-state index is 0.330. The van der Waals surface area contributed by atoms with Gasteiger partial charge in [-0.3, -0.25) is 4.98 Å². The van der Waals surface area contributed by atoms with Crippen LogP contribution in [-0.2, 0) is 0 Å². The van der Waals surface area contributed by atoms with E-state index in [1.165, 1.54) is 12.1 Å². The van der Waals surface area contributed by atoms with Crippen molar-refractivity contribution in [1.82, 2.24) is 4.98 Å². The maximum Gasteiger partial charge on any atom is 0.154 e. The summed E-state index contributed by atoms with van der Waals surface area (Å²) < 4.78 is 18.7. The van der Waals surface area contributed by atoms with Crippen LogP contribution in [-0.4, -0.2) is 10.1 Å². The minimum Gasteiger partial charge on any atom is -0.458 e. The number of aliphatic hydroxyl groups is 1. The van der Waals surface area contributed by atoms with Crippen molar-refractivity contribution in [3.8, 4) is 0 Å². The first-order valence-corrected chi connectivity index (χ1v) is 5.94. The monoisotopic (exact) mass is 257 g/mol. The van der Waals surface area contributed by atoms with Gasteiger partial charge < -0.3 is 9.52 Å². The Morgan fingerprint density at radius 1 is 1.26 bits per heavy atom. The molecule has 19 heavy (non-hydrogen) atoms. The Labute approximate surface area is 109 Å². The Morgan fingerprint density at radius 3 is 2.89 bits per heavy atom. The molecular formula is C15H12FNO2. The Balaban J connectivity index is 2.07. The number of aryl methyl sites for hydroxylation is 1. The van der Waals surface area contributed by atoms with Crippen molar-refractivity contribution < 1.29 is 13.9 Å². The summed E-state index contributed by atoms with van der Waals surface area (Å²) in [6, 6.07) is 9.56. The summed E-state index contributed by atoms with van der Waals surface area (Å²) >= 11 is 0. The zero-order valence-electron chi connectivity index (χ0n) is 10.3. The molecule has 0 aliphatic carbocycles. The second-order valence-electron chi connectivity index (χ2n) is 4.44. The van der Waals surface area contributed by atoms with Crippen LogP contribution in [0.15, 0.2) is 47.0 Å². The topological polar surface area (TPSA) is 46.3 Å². The molecule has 1 atom stereocenters. The number of nitrogens with zero attached hydrogens (tertiary/aromatic N) is 1. The van der Waals surface area contributed by atoms with Crippen LogP contribution in [0.4, 0.5) is 4.39 Å². The lowest BCUT2D eigenvalue weighted by Gasteiger charge is -2.09. The highest BCUT2D eigenvalue weighted by atomic mass is 19.1. The van der Waals surface area contributed by atoms with Gasteiger partial charge in [0.25, 0.3) is 0 Å². The van der Waals surface area contributed by atoms with Gasteiger partial charge >= 0.3 is 0 Å². The zero-order chi connectivity index (χ0) is 13.4. The summed E-state index contributed by atoms with van der Waals surface area (Å²) in [5.74, 6) is 0.0331. The lowest BCUT2D eigenvalue weighted by molar-refractivity contribution is 0.187. The SMILES string of the molecule is Cc1cccnc1C(O)c1cc2cc(F)ccc2o1. The summed E-state index contributed by atoms with van der Waals surface area (Å²) in [5, 5.41) is 10.9. The van der Waals surface area contributed by atoms with Gasteiger partial charge in [-0.15, -0.1) is 0 Å². The van der Waals surface area contributed by atoms with Crippen LogP contribution >= 0.6 is 0 Å². The van der Waals surface area contributed by atoms with Crippen LogP contribution in [0.1, 0.15) is 23.1 Å². The largest absolute Gasteiger partial charge is 0.458 e. The fourth-order valence-corrected chi connectivity index (χ4v) is 2.09. The van der Waals surface area contributed by atoms with E-state index in [2.05, 4.69) is 4.98 Å². The third-order valence-electron chi connectivity index (χ3n) is 3.08. The van der Waals surface area contributed by atoms with Crippen molar-refractivity contribution in [3.63, 3.8) is 0 Å². The van der Waals surface area contributed by atoms with Crippen LogP contribution in [0.3, 0.4) is 0 Å². The van der Waals surface area contributed by atoms with Gasteiger partial charge in [0.2, 0.25) is 0 Å². The molecule has 0 fully saturated rings. The van der Waals surface area contributed by atoms with Gasteiger partial charge in [0.05, 0.1) is 5.69 Å². The van der Waals surface area contributed by atoms with Gasteiger partial charge in [-0.25, -0.2) is 4.39 Å². The summed E-state index contributed by atoms with van der Waals surface area (Å²) in [4.78, 5) is 4.16. The number of benzene rings is 1. The van der Waals surface area contributed by atoms with Crippen LogP contribution in [0, 0.1) is 12.7 Å². The van der Waals surface area contributed by atoms with Crippen LogP contribution in [0.25, 0.3) is 11.0 Å². The number of pyridine rings is 1. The molecule has 3 rings (SSSR count). The number of aliphatic hydroxyl groups excluding tert-OH is 1. The molecule has 0 aliphatic rings. The fraction of sp³-hybridized carbons (Fsp3) is 0.133. The summed E-state index contributed by atoms with van der Waals surface area (Å²) in [6.07, 6.45) is 0.671. The maximum absolute atomic E-state index is 13.1. The first kappa shape index (κ1) is 11.9. The number of hydrogen-bond acceptors (Lipinski definition) is 3. The number of halogens is 1. The zero-order valence-corrected chi connectivity index (χ0v) is 10.3. The molecule has 0 bridgehead atoms. The lowest BCUT2D eigenvalue weighted by Crippen LogP contribution is -2.03. The van der Waals surface area contributed by atoms with Crippen molar-refractivity contribution >= 4 is 11.0 Å². The molecule has 2 heterocycles. The second-order valence-corrected chi connectivity index (χ2v) is 4.44. The van der Waals surface area contributed by atoms with E-state index in [9.17, 15) is 9.50 Å². The van der Waals surface area contributed by atoms with Crippen molar-refractivity contribution in [2.45, 2.75) is 13.0 Å². The molecule has 0 amide bonds. The molecule has 0 saturated heterocycles. The standard InChI is InChI=1S/C15H12FNO2/c1-9-3-2-6-17-14(9)15(18)13-8-10-7-11(16)4-5-12(10)19-13/h2-8,15,18H,1H3. The number of rotatable bonds is 2. The Hall–Kier alpha value is -2.20. The van der Waals surface area contributed by atoms with E-state index in [1.54, 1.807) is 24.4 Å². The molecule has 4 heteroatoms. The smallest absolute Gasteiger partial charge is 0.154 e. The van der Waals surface area contributed by atoms with Crippen molar-refractivity contribution in [2.75, 3.05) is 0 Å². The van der Waals surface area contributed by atoms with Gasteiger partial charge in [0.15, 0.2) is 6.10 Å². The molecule has 0 radical (unpaired) electrons. The van der Waals surface area contributed by atoms with Crippen LogP contribution in [0.5, 0.6) is 0 Å². The average Bonchev–Trinajstić information content (AvgIpc) is 2.81. The number of furan rings is 1. The maximum atomic E-state index is 13.1. The van der Waals surface area contributed by atoms with Gasteiger partial charge in [0.1, 0.15) is 17.2 Å². The predicted octanol–water partition coefficient (Wildman–Crippen LogP) is 3.36. The summed E-state index contributed by atoms with van der Waals surface area (Å²) in [5.41, 5.74) is 1.97. The number of fused-ring (bicyclic) bond motifs is 1. The highest BCUT2D eigenvalue weighted by Gasteiger charge is 2.18. The molecule has 0 spiro atoms. The van der Waals surface area contributed by atoms with Crippen molar-refractivity contribution in [3.05, 3.63) is 65.4 Å². The van der Waals surface area contributed by atoms with E-state index in [4.69, 9.17) is 4.42 Å². The molecule has 1 aromatic carbocycles. The lowest BCUT2D eigenvalue weighted by atomic mass is 10.1. The molecule has 3 nitrogen and oxygen atoms in total. The molecular weight excluding hydrogens is 245 g/mol. The van der Waals surface area contributed by atoms with Gasteiger partial charge in [-0.1, -0.05) is 6.07 Å². The highest BCUT2D eigenvalue weighted by molar-refractivity contribution is 5.78. The van der Waals surface area contributed by atoms with Crippen LogP contribution in [0.2, 0.25) is 0 Å². The minimum atomic E-state index is -0.948. The Kier molecular flexibility index (Phi) is 2.80. The third-order valence-corrected chi connectivity index (χ3v) is 3.08. The quantitative estimate of drug-likeness (QED) is 0.765. The van der Waals surface area contributed by atoms with Gasteiger partial charge in [-0.2, -0.15) is 0 Å². The van der Waals surface area contributed by atoms with E-state index >= 15 is 0 Å². The summed E-state index contributed by atoms with van der Waals surface area (Å²) in [7, 11) is 0. The van der Waals surface area contributed by atoms with E-state index in [1.807, 2.05) is 13.0 Å². The molecule has 2 aromatic heterocycles. The average molecular weight is 257 g/mol. The Bertz CT molecular complexity index is 736. The first-order chi connectivity index (χ1) is 9.15. The molecule has 3 aromatic rings. The highest BCUT2D eigenvalue weighted by Crippen LogP contribution is 2.28. The summed E-state index contributed by atoms with van der Waals surface area (Å²) in [6.45, 7) is 1.87. The third kappa shape index (κ3) is 2.11. The molecule has 1 unspecified atom stereocenters. The predicted molar refractivity (Wildman–Crippen MR) is 69.2 cm³/mol. The second kappa shape index (κ2) is 4.48. The normalized spacial score (nSPS) is 12.8. The van der Waals surface area contributed by atoms with Crippen molar-refractivity contribution in [2.24, 2.45) is 0 Å². The Morgan fingerprint density at radius 2 is 2.11 bits per heavy atom. The van der Waals surface area contributed by atoms with E-state index < -0.39 is 6.10 Å². The van der Waals surface area contributed by atoms with E-state index in [0.29, 0.717) is 22.4 Å². The van der Waals surface area contributed by atoms with Gasteiger partial charge in [0, 0.05) is 11.6 Å². The number of hydrogen-bond donors (Lipinski definition) is 1. The first-order valence-electron chi connectivity index (χ1n) is 5.94. The molecule has 96 valence electrons. The molecule has 0 aliphatic heterocycles. The molecule has 0 saturated carbocycles. The molecule has 1 N–H and O–H groups in total. The van der Waals surface area contributed by atoms with E-state index in [0.717, 1.165) is 5.56 Å². The van der Waals surface area contributed by atoms with E-state index in [-0.39, 0.29) is 5.82 Å². The fourth-order valence-electron chi connectivity index (χ4n) is 2.09. The van der Waals surface area contributed by atoms with Crippen LogP contribution < -0.4 is 0 Å². The number of aromatic nitrogens is 1. The van der Waals surface area contributed by atoms with Gasteiger partial charge in [-0.05, 0) is 42.8 Å². The van der Waals surface area contributed by atoms with Crippen molar-refractivity contribution in [1.29, 1.82) is 0 Å².